The first-order chi connectivity index (χ1) is 4.93. The summed E-state index contributed by atoms with van der Waals surface area (Å²) in [4.78, 5) is 0. The summed E-state index contributed by atoms with van der Waals surface area (Å²) in [6, 6.07) is 0.775. The normalized spacial score (nSPS) is 17.8. The lowest BCUT2D eigenvalue weighted by Gasteiger charge is -2.22. The molecule has 0 aromatic heterocycles. The van der Waals surface area contributed by atoms with Gasteiger partial charge in [0.1, 0.15) is 0 Å². The second-order valence-electron chi connectivity index (χ2n) is 3.08. The average molecular weight is 215 g/mol. The fourth-order valence-corrected chi connectivity index (χ4v) is 1.59. The number of halogens is 2. The molecule has 0 spiro atoms. The summed E-state index contributed by atoms with van der Waals surface area (Å²) in [5.41, 5.74) is 5.38. The highest BCUT2D eigenvalue weighted by Crippen LogP contribution is 2.16. The van der Waals surface area contributed by atoms with Crippen LogP contribution < -0.4 is 11.1 Å². The molecule has 0 heterocycles. The van der Waals surface area contributed by atoms with Crippen LogP contribution in [0.3, 0.4) is 0 Å². The van der Waals surface area contributed by atoms with Crippen molar-refractivity contribution in [2.24, 2.45) is 5.73 Å². The molecule has 1 rings (SSSR count). The Kier molecular flexibility index (Phi) is 12.0. The van der Waals surface area contributed by atoms with Crippen LogP contribution in [-0.2, 0) is 0 Å². The Morgan fingerprint density at radius 1 is 1.08 bits per heavy atom. The standard InChI is InChI=1S/C8H18N2.2ClH/c9-6-7-10-8-4-2-1-3-5-8;;/h8,10H,1-7,9H2;2*1H. The van der Waals surface area contributed by atoms with E-state index in [2.05, 4.69) is 5.32 Å². The molecular weight excluding hydrogens is 195 g/mol. The maximum atomic E-state index is 5.38. The molecule has 0 aliphatic heterocycles. The van der Waals surface area contributed by atoms with Crippen molar-refractivity contribution in [2.45, 2.75) is 38.1 Å². The Morgan fingerprint density at radius 3 is 2.17 bits per heavy atom. The van der Waals surface area contributed by atoms with Crippen molar-refractivity contribution in [2.75, 3.05) is 13.1 Å². The molecule has 0 atom stereocenters. The summed E-state index contributed by atoms with van der Waals surface area (Å²) in [7, 11) is 0. The minimum Gasteiger partial charge on any atom is -0.329 e. The molecule has 4 heteroatoms. The summed E-state index contributed by atoms with van der Waals surface area (Å²) in [6.07, 6.45) is 6.96. The monoisotopic (exact) mass is 214 g/mol. The van der Waals surface area contributed by atoms with E-state index in [1.165, 1.54) is 32.1 Å². The molecule has 3 N–H and O–H groups in total. The van der Waals surface area contributed by atoms with Gasteiger partial charge in [0.25, 0.3) is 0 Å². The average Bonchev–Trinajstić information content (AvgIpc) is 2.03. The van der Waals surface area contributed by atoms with E-state index in [-0.39, 0.29) is 24.8 Å². The Hall–Kier alpha value is 0.500. The largest absolute Gasteiger partial charge is 0.329 e. The minimum atomic E-state index is 0. The zero-order chi connectivity index (χ0) is 7.23. The van der Waals surface area contributed by atoms with Crippen LogP contribution in [0.5, 0.6) is 0 Å². The SMILES string of the molecule is Cl.Cl.NCCNC1CCCCC1. The molecule has 0 saturated heterocycles. The first kappa shape index (κ1) is 15.0. The van der Waals surface area contributed by atoms with Crippen molar-refractivity contribution >= 4 is 24.8 Å². The molecule has 1 saturated carbocycles. The van der Waals surface area contributed by atoms with Crippen molar-refractivity contribution < 1.29 is 0 Å². The zero-order valence-electron chi connectivity index (χ0n) is 7.42. The van der Waals surface area contributed by atoms with Crippen LogP contribution >= 0.6 is 24.8 Å². The highest BCUT2D eigenvalue weighted by molar-refractivity contribution is 5.85. The Labute approximate surface area is 87.5 Å². The van der Waals surface area contributed by atoms with Gasteiger partial charge in [-0.3, -0.25) is 0 Å². The smallest absolute Gasteiger partial charge is 0.00770 e. The topological polar surface area (TPSA) is 38.0 Å². The fourth-order valence-electron chi connectivity index (χ4n) is 1.59. The molecule has 0 unspecified atom stereocenters. The predicted molar refractivity (Wildman–Crippen MR) is 58.4 cm³/mol. The Bertz CT molecular complexity index is 85.1. The van der Waals surface area contributed by atoms with Crippen LogP contribution in [-0.4, -0.2) is 19.1 Å². The number of nitrogens with one attached hydrogen (secondary N) is 1. The van der Waals surface area contributed by atoms with Crippen LogP contribution in [0.25, 0.3) is 0 Å². The van der Waals surface area contributed by atoms with E-state index in [4.69, 9.17) is 5.73 Å². The third kappa shape index (κ3) is 6.06. The number of rotatable bonds is 3. The van der Waals surface area contributed by atoms with Crippen molar-refractivity contribution in [1.82, 2.24) is 5.32 Å². The molecule has 1 fully saturated rings. The molecule has 1 aliphatic carbocycles. The summed E-state index contributed by atoms with van der Waals surface area (Å²) >= 11 is 0. The van der Waals surface area contributed by atoms with Crippen LogP contribution in [0.1, 0.15) is 32.1 Å². The molecule has 1 aliphatic rings. The maximum absolute atomic E-state index is 5.38. The van der Waals surface area contributed by atoms with E-state index in [1.807, 2.05) is 0 Å². The second-order valence-corrected chi connectivity index (χ2v) is 3.08. The fraction of sp³-hybridized carbons (Fsp3) is 1.00. The first-order valence-electron chi connectivity index (χ1n) is 4.37. The van der Waals surface area contributed by atoms with Crippen molar-refractivity contribution in [3.63, 3.8) is 0 Å². The van der Waals surface area contributed by atoms with Crippen molar-refractivity contribution in [1.29, 1.82) is 0 Å². The molecular formula is C8H20Cl2N2. The lowest BCUT2D eigenvalue weighted by molar-refractivity contribution is 0.377. The van der Waals surface area contributed by atoms with E-state index in [0.717, 1.165) is 19.1 Å². The van der Waals surface area contributed by atoms with Crippen LogP contribution in [0.2, 0.25) is 0 Å². The van der Waals surface area contributed by atoms with Gasteiger partial charge < -0.3 is 11.1 Å². The molecule has 0 radical (unpaired) electrons. The Balaban J connectivity index is 0. The van der Waals surface area contributed by atoms with Gasteiger partial charge in [-0.15, -0.1) is 24.8 Å². The number of nitrogens with two attached hydrogens (primary N) is 1. The van der Waals surface area contributed by atoms with Gasteiger partial charge in [0.05, 0.1) is 0 Å². The third-order valence-corrected chi connectivity index (χ3v) is 2.18. The highest BCUT2D eigenvalue weighted by atomic mass is 35.5. The molecule has 0 aromatic carbocycles. The molecule has 76 valence electrons. The highest BCUT2D eigenvalue weighted by Gasteiger charge is 2.10. The Morgan fingerprint density at radius 2 is 1.67 bits per heavy atom. The van der Waals surface area contributed by atoms with Gasteiger partial charge in [-0.05, 0) is 12.8 Å². The maximum Gasteiger partial charge on any atom is 0.00770 e. The predicted octanol–water partition coefficient (Wildman–Crippen LogP) is 1.71. The lowest BCUT2D eigenvalue weighted by atomic mass is 9.96. The van der Waals surface area contributed by atoms with Gasteiger partial charge in [0, 0.05) is 19.1 Å². The van der Waals surface area contributed by atoms with Gasteiger partial charge in [0.15, 0.2) is 0 Å². The summed E-state index contributed by atoms with van der Waals surface area (Å²) < 4.78 is 0. The minimum absolute atomic E-state index is 0. The number of hydrogen-bond acceptors (Lipinski definition) is 2. The van der Waals surface area contributed by atoms with E-state index >= 15 is 0 Å². The molecule has 0 bridgehead atoms. The van der Waals surface area contributed by atoms with Crippen LogP contribution in [0.4, 0.5) is 0 Å². The molecule has 0 aromatic rings. The summed E-state index contributed by atoms with van der Waals surface area (Å²) in [6.45, 7) is 1.77. The lowest BCUT2D eigenvalue weighted by Crippen LogP contribution is -2.34. The molecule has 0 amide bonds. The quantitative estimate of drug-likeness (QED) is 0.752. The number of hydrogen-bond donors (Lipinski definition) is 2. The van der Waals surface area contributed by atoms with E-state index in [9.17, 15) is 0 Å². The van der Waals surface area contributed by atoms with E-state index in [1.54, 1.807) is 0 Å². The van der Waals surface area contributed by atoms with Gasteiger partial charge in [0.2, 0.25) is 0 Å². The van der Waals surface area contributed by atoms with E-state index in [0.29, 0.717) is 0 Å². The van der Waals surface area contributed by atoms with Gasteiger partial charge in [-0.25, -0.2) is 0 Å². The molecule has 12 heavy (non-hydrogen) atoms. The van der Waals surface area contributed by atoms with Crippen LogP contribution in [0.15, 0.2) is 0 Å². The van der Waals surface area contributed by atoms with Gasteiger partial charge in [-0.2, -0.15) is 0 Å². The summed E-state index contributed by atoms with van der Waals surface area (Å²) in [5, 5.41) is 3.45. The van der Waals surface area contributed by atoms with Crippen LogP contribution in [0, 0.1) is 0 Å². The summed E-state index contributed by atoms with van der Waals surface area (Å²) in [5.74, 6) is 0. The molecule has 2 nitrogen and oxygen atoms in total. The van der Waals surface area contributed by atoms with E-state index < -0.39 is 0 Å². The van der Waals surface area contributed by atoms with Gasteiger partial charge in [-0.1, -0.05) is 19.3 Å². The van der Waals surface area contributed by atoms with Crippen molar-refractivity contribution in [3.05, 3.63) is 0 Å². The zero-order valence-corrected chi connectivity index (χ0v) is 9.05. The van der Waals surface area contributed by atoms with Gasteiger partial charge >= 0.3 is 0 Å². The van der Waals surface area contributed by atoms with Crippen molar-refractivity contribution in [3.8, 4) is 0 Å². The third-order valence-electron chi connectivity index (χ3n) is 2.18. The second kappa shape index (κ2) is 9.59. The first-order valence-corrected chi connectivity index (χ1v) is 4.37.